The molecule has 1 aliphatic carbocycles. The molecule has 1 aliphatic rings. The molecule has 1 fully saturated rings. The predicted octanol–water partition coefficient (Wildman–Crippen LogP) is 3.51. The number of rotatable bonds is 7. The van der Waals surface area contributed by atoms with Gasteiger partial charge in [-0.2, -0.15) is 0 Å². The lowest BCUT2D eigenvalue weighted by Gasteiger charge is -2.14. The quantitative estimate of drug-likeness (QED) is 0.783. The van der Waals surface area contributed by atoms with Crippen LogP contribution in [-0.2, 0) is 16.0 Å². The highest BCUT2D eigenvalue weighted by molar-refractivity contribution is 6.30. The molecule has 2 amide bonds. The molecule has 5 heteroatoms. The minimum Gasteiger partial charge on any atom is -0.356 e. The maximum atomic E-state index is 12.3. The van der Waals surface area contributed by atoms with Crippen molar-refractivity contribution in [3.63, 3.8) is 0 Å². The number of hydrogen-bond acceptors (Lipinski definition) is 2. The molecule has 2 aromatic rings. The van der Waals surface area contributed by atoms with Gasteiger partial charge in [0.25, 0.3) is 0 Å². The van der Waals surface area contributed by atoms with Crippen LogP contribution in [0.2, 0.25) is 5.02 Å². The molecule has 3 unspecified atom stereocenters. The van der Waals surface area contributed by atoms with Crippen molar-refractivity contribution in [2.24, 2.45) is 11.8 Å². The molecule has 0 aromatic heterocycles. The molecule has 3 rings (SSSR count). The Hall–Kier alpha value is -2.33. The zero-order chi connectivity index (χ0) is 18.5. The average molecular weight is 371 g/mol. The third kappa shape index (κ3) is 4.85. The lowest BCUT2D eigenvalue weighted by Crippen LogP contribution is -2.32. The molecule has 0 saturated heterocycles. The maximum absolute atomic E-state index is 12.3. The highest BCUT2D eigenvalue weighted by Gasteiger charge is 2.48. The van der Waals surface area contributed by atoms with Crippen molar-refractivity contribution in [3.05, 3.63) is 70.7 Å². The molecule has 0 spiro atoms. The van der Waals surface area contributed by atoms with Crippen molar-refractivity contribution in [3.8, 4) is 0 Å². The van der Waals surface area contributed by atoms with E-state index in [0.29, 0.717) is 18.0 Å². The van der Waals surface area contributed by atoms with Gasteiger partial charge in [-0.05, 0) is 43.0 Å². The lowest BCUT2D eigenvalue weighted by atomic mass is 10.1. The Morgan fingerprint density at radius 3 is 2.38 bits per heavy atom. The van der Waals surface area contributed by atoms with Gasteiger partial charge < -0.3 is 10.6 Å². The summed E-state index contributed by atoms with van der Waals surface area (Å²) in [6.07, 6.45) is 1.37. The van der Waals surface area contributed by atoms with Gasteiger partial charge in [0.05, 0.1) is 17.9 Å². The first-order valence-electron chi connectivity index (χ1n) is 8.92. The number of nitrogens with one attached hydrogen (secondary N) is 2. The Morgan fingerprint density at radius 2 is 1.69 bits per heavy atom. The van der Waals surface area contributed by atoms with E-state index in [1.54, 1.807) is 0 Å². The van der Waals surface area contributed by atoms with E-state index in [9.17, 15) is 9.59 Å². The highest BCUT2D eigenvalue weighted by atomic mass is 35.5. The van der Waals surface area contributed by atoms with Crippen LogP contribution in [0, 0.1) is 11.8 Å². The minimum absolute atomic E-state index is 0.0357. The smallest absolute Gasteiger partial charge is 0.224 e. The summed E-state index contributed by atoms with van der Waals surface area (Å²) in [6.45, 7) is 2.52. The van der Waals surface area contributed by atoms with E-state index in [1.807, 2.05) is 61.5 Å². The van der Waals surface area contributed by atoms with E-state index < -0.39 is 0 Å². The van der Waals surface area contributed by atoms with Gasteiger partial charge in [0.1, 0.15) is 0 Å². The molecule has 0 aliphatic heterocycles. The van der Waals surface area contributed by atoms with Gasteiger partial charge in [-0.3, -0.25) is 9.59 Å². The fraction of sp³-hybridized carbons (Fsp3) is 0.333. The predicted molar refractivity (Wildman–Crippen MR) is 103 cm³/mol. The zero-order valence-corrected chi connectivity index (χ0v) is 15.5. The molecule has 2 N–H and O–H groups in total. The standard InChI is InChI=1S/C21H23ClN2O2/c1-14(16-5-3-2-4-6-16)24-21(26)19-13-18(19)20(25)23-12-11-15-7-9-17(22)10-8-15/h2-10,14,18-19H,11-13H2,1H3,(H,23,25)(H,24,26). The number of benzene rings is 2. The third-order valence-corrected chi connectivity index (χ3v) is 5.00. The summed E-state index contributed by atoms with van der Waals surface area (Å²) in [5, 5.41) is 6.63. The molecule has 4 nitrogen and oxygen atoms in total. The second-order valence-corrected chi connectivity index (χ2v) is 7.19. The summed E-state index contributed by atoms with van der Waals surface area (Å²) in [7, 11) is 0. The fourth-order valence-electron chi connectivity index (χ4n) is 3.03. The summed E-state index contributed by atoms with van der Waals surface area (Å²) in [4.78, 5) is 24.5. The molecular formula is C21H23ClN2O2. The second-order valence-electron chi connectivity index (χ2n) is 6.76. The van der Waals surface area contributed by atoms with Crippen LogP contribution in [0.3, 0.4) is 0 Å². The third-order valence-electron chi connectivity index (χ3n) is 4.75. The zero-order valence-electron chi connectivity index (χ0n) is 14.7. The molecule has 0 bridgehead atoms. The lowest BCUT2D eigenvalue weighted by molar-refractivity contribution is -0.127. The second kappa shape index (κ2) is 8.37. The first kappa shape index (κ1) is 18.5. The van der Waals surface area contributed by atoms with Crippen molar-refractivity contribution < 1.29 is 9.59 Å². The Bertz CT molecular complexity index is 761. The SMILES string of the molecule is CC(NC(=O)C1CC1C(=O)NCCc1ccc(Cl)cc1)c1ccccc1. The summed E-state index contributed by atoms with van der Waals surface area (Å²) >= 11 is 5.86. The van der Waals surface area contributed by atoms with E-state index in [1.165, 1.54) is 0 Å². The number of carbonyl (C=O) groups is 2. The van der Waals surface area contributed by atoms with Crippen LogP contribution in [0.1, 0.15) is 30.5 Å². The van der Waals surface area contributed by atoms with Gasteiger partial charge in [-0.1, -0.05) is 54.1 Å². The van der Waals surface area contributed by atoms with Gasteiger partial charge in [0.2, 0.25) is 11.8 Å². The summed E-state index contributed by atoms with van der Waals surface area (Å²) < 4.78 is 0. The first-order chi connectivity index (χ1) is 12.5. The molecule has 0 heterocycles. The summed E-state index contributed by atoms with van der Waals surface area (Å²) in [5.41, 5.74) is 2.18. The van der Waals surface area contributed by atoms with Crippen LogP contribution in [-0.4, -0.2) is 18.4 Å². The largest absolute Gasteiger partial charge is 0.356 e. The molecule has 1 saturated carbocycles. The van der Waals surface area contributed by atoms with Crippen LogP contribution in [0.4, 0.5) is 0 Å². The monoisotopic (exact) mass is 370 g/mol. The van der Waals surface area contributed by atoms with Gasteiger partial charge in [-0.25, -0.2) is 0 Å². The Labute approximate surface area is 158 Å². The fourth-order valence-corrected chi connectivity index (χ4v) is 3.16. The van der Waals surface area contributed by atoms with E-state index in [-0.39, 0.29) is 29.7 Å². The number of hydrogen-bond donors (Lipinski definition) is 2. The van der Waals surface area contributed by atoms with E-state index in [0.717, 1.165) is 17.5 Å². The number of halogens is 1. The molecule has 2 aromatic carbocycles. The Balaban J connectivity index is 1.40. The van der Waals surface area contributed by atoms with Crippen molar-refractivity contribution in [2.45, 2.75) is 25.8 Å². The molecular weight excluding hydrogens is 348 g/mol. The van der Waals surface area contributed by atoms with Crippen molar-refractivity contribution in [2.75, 3.05) is 6.54 Å². The molecule has 136 valence electrons. The minimum atomic E-state index is -0.211. The molecule has 3 atom stereocenters. The topological polar surface area (TPSA) is 58.2 Å². The van der Waals surface area contributed by atoms with E-state index in [2.05, 4.69) is 10.6 Å². The maximum Gasteiger partial charge on any atom is 0.224 e. The van der Waals surface area contributed by atoms with Crippen LogP contribution < -0.4 is 10.6 Å². The average Bonchev–Trinajstić information content (AvgIpc) is 3.45. The number of carbonyl (C=O) groups excluding carboxylic acids is 2. The normalized spacial score (nSPS) is 19.5. The highest BCUT2D eigenvalue weighted by Crippen LogP contribution is 2.39. The number of amides is 2. The Kier molecular flexibility index (Phi) is 5.94. The van der Waals surface area contributed by atoms with Crippen LogP contribution >= 0.6 is 11.6 Å². The van der Waals surface area contributed by atoms with Gasteiger partial charge >= 0.3 is 0 Å². The summed E-state index contributed by atoms with van der Waals surface area (Å²) in [5.74, 6) is -0.495. The van der Waals surface area contributed by atoms with Crippen molar-refractivity contribution in [1.82, 2.24) is 10.6 Å². The van der Waals surface area contributed by atoms with Gasteiger partial charge in [0.15, 0.2) is 0 Å². The van der Waals surface area contributed by atoms with Gasteiger partial charge in [0, 0.05) is 11.6 Å². The Morgan fingerprint density at radius 1 is 1.04 bits per heavy atom. The molecule has 26 heavy (non-hydrogen) atoms. The first-order valence-corrected chi connectivity index (χ1v) is 9.30. The van der Waals surface area contributed by atoms with E-state index >= 15 is 0 Å². The van der Waals surface area contributed by atoms with Crippen molar-refractivity contribution >= 4 is 23.4 Å². The van der Waals surface area contributed by atoms with Crippen LogP contribution in [0.5, 0.6) is 0 Å². The van der Waals surface area contributed by atoms with Crippen molar-refractivity contribution in [1.29, 1.82) is 0 Å². The summed E-state index contributed by atoms with van der Waals surface area (Å²) in [6, 6.07) is 17.3. The van der Waals surface area contributed by atoms with Gasteiger partial charge in [-0.15, -0.1) is 0 Å². The van der Waals surface area contributed by atoms with E-state index in [4.69, 9.17) is 11.6 Å². The van der Waals surface area contributed by atoms with Crippen LogP contribution in [0.25, 0.3) is 0 Å². The molecule has 0 radical (unpaired) electrons. The van der Waals surface area contributed by atoms with Crippen LogP contribution in [0.15, 0.2) is 54.6 Å².